The molecule has 0 radical (unpaired) electrons. The van der Waals surface area contributed by atoms with E-state index in [1.807, 2.05) is 0 Å². The van der Waals surface area contributed by atoms with Crippen LogP contribution >= 0.6 is 0 Å². The topological polar surface area (TPSA) is 75.6 Å². The second-order valence-electron chi connectivity index (χ2n) is 6.85. The summed E-state index contributed by atoms with van der Waals surface area (Å²) in [5.74, 6) is 0.713. The van der Waals surface area contributed by atoms with Crippen molar-refractivity contribution in [3.05, 3.63) is 18.5 Å². The quantitative estimate of drug-likeness (QED) is 0.799. The number of nitrogens with zero attached hydrogens (tertiary/aromatic N) is 4. The third-order valence-corrected chi connectivity index (χ3v) is 7.33. The summed E-state index contributed by atoms with van der Waals surface area (Å²) in [5.41, 5.74) is -0.155. The van der Waals surface area contributed by atoms with Crippen molar-refractivity contribution in [1.82, 2.24) is 14.3 Å². The van der Waals surface area contributed by atoms with E-state index in [1.54, 1.807) is 22.8 Å². The maximum atomic E-state index is 12.6. The lowest BCUT2D eigenvalue weighted by molar-refractivity contribution is 0.0807. The van der Waals surface area contributed by atoms with Crippen LogP contribution in [-0.4, -0.2) is 67.3 Å². The standard InChI is InChI=1S/C15H22N4O3S/c20-23(21,13-2-3-13)19-8-9-22-12-15(11-19)4-7-18(10-15)14-16-5-1-6-17-14/h1,5-6,13H,2-4,7-12H2. The molecule has 0 amide bonds. The van der Waals surface area contributed by atoms with Crippen LogP contribution in [0.2, 0.25) is 0 Å². The first-order valence-corrected chi connectivity index (χ1v) is 9.68. The van der Waals surface area contributed by atoms with Crippen molar-refractivity contribution in [1.29, 1.82) is 0 Å². The lowest BCUT2D eigenvalue weighted by atomic mass is 9.88. The molecule has 7 nitrogen and oxygen atoms in total. The van der Waals surface area contributed by atoms with Crippen LogP contribution in [0.15, 0.2) is 18.5 Å². The van der Waals surface area contributed by atoms with E-state index >= 15 is 0 Å². The zero-order valence-electron chi connectivity index (χ0n) is 13.1. The third kappa shape index (κ3) is 2.95. The maximum Gasteiger partial charge on any atom is 0.225 e. The Kier molecular flexibility index (Phi) is 3.78. The van der Waals surface area contributed by atoms with Crippen LogP contribution in [0.4, 0.5) is 5.95 Å². The number of anilines is 1. The summed E-state index contributed by atoms with van der Waals surface area (Å²) in [5, 5.41) is -0.160. The Hall–Kier alpha value is -1.25. The number of sulfonamides is 1. The first kappa shape index (κ1) is 15.3. The summed E-state index contributed by atoms with van der Waals surface area (Å²) in [7, 11) is -3.15. The van der Waals surface area contributed by atoms with Gasteiger partial charge in [-0.1, -0.05) is 0 Å². The van der Waals surface area contributed by atoms with Crippen molar-refractivity contribution in [2.45, 2.75) is 24.5 Å². The molecule has 23 heavy (non-hydrogen) atoms. The first-order chi connectivity index (χ1) is 11.1. The molecule has 0 N–H and O–H groups in total. The molecular weight excluding hydrogens is 316 g/mol. The molecule has 2 aliphatic heterocycles. The molecule has 1 spiro atoms. The van der Waals surface area contributed by atoms with Gasteiger partial charge in [0.2, 0.25) is 16.0 Å². The smallest absolute Gasteiger partial charge is 0.225 e. The first-order valence-electron chi connectivity index (χ1n) is 8.18. The lowest BCUT2D eigenvalue weighted by Crippen LogP contribution is -2.44. The van der Waals surface area contributed by atoms with Gasteiger partial charge < -0.3 is 9.64 Å². The van der Waals surface area contributed by atoms with Crippen molar-refractivity contribution < 1.29 is 13.2 Å². The Morgan fingerprint density at radius 2 is 1.96 bits per heavy atom. The van der Waals surface area contributed by atoms with Gasteiger partial charge in [-0.2, -0.15) is 4.31 Å². The molecule has 1 atom stereocenters. The van der Waals surface area contributed by atoms with Gasteiger partial charge in [0.15, 0.2) is 0 Å². The Morgan fingerprint density at radius 1 is 1.17 bits per heavy atom. The second kappa shape index (κ2) is 5.68. The van der Waals surface area contributed by atoms with Gasteiger partial charge in [-0.3, -0.25) is 0 Å². The zero-order chi connectivity index (χ0) is 15.9. The monoisotopic (exact) mass is 338 g/mol. The van der Waals surface area contributed by atoms with Crippen molar-refractivity contribution in [2.75, 3.05) is 44.3 Å². The molecule has 126 valence electrons. The molecule has 8 heteroatoms. The van der Waals surface area contributed by atoms with E-state index in [2.05, 4.69) is 14.9 Å². The molecule has 4 rings (SSSR count). The van der Waals surface area contributed by atoms with Crippen molar-refractivity contribution in [2.24, 2.45) is 5.41 Å². The van der Waals surface area contributed by atoms with E-state index in [0.29, 0.717) is 32.3 Å². The number of hydrogen-bond acceptors (Lipinski definition) is 6. The van der Waals surface area contributed by atoms with Gasteiger partial charge >= 0.3 is 0 Å². The van der Waals surface area contributed by atoms with Gasteiger partial charge in [0.1, 0.15) is 0 Å². The molecule has 1 saturated carbocycles. The summed E-state index contributed by atoms with van der Waals surface area (Å²) in [6, 6.07) is 1.80. The predicted molar refractivity (Wildman–Crippen MR) is 85.6 cm³/mol. The molecule has 0 aromatic carbocycles. The largest absolute Gasteiger partial charge is 0.379 e. The molecule has 3 fully saturated rings. The fourth-order valence-electron chi connectivity index (χ4n) is 3.55. The highest BCUT2D eigenvalue weighted by Gasteiger charge is 2.47. The summed E-state index contributed by atoms with van der Waals surface area (Å²) >= 11 is 0. The average molecular weight is 338 g/mol. The van der Waals surface area contributed by atoms with Crippen LogP contribution in [0.25, 0.3) is 0 Å². The summed E-state index contributed by atoms with van der Waals surface area (Å²) in [4.78, 5) is 10.8. The summed E-state index contributed by atoms with van der Waals surface area (Å²) in [6.07, 6.45) is 5.98. The zero-order valence-corrected chi connectivity index (χ0v) is 13.9. The second-order valence-corrected chi connectivity index (χ2v) is 9.06. The van der Waals surface area contributed by atoms with Gasteiger partial charge in [0.05, 0.1) is 18.5 Å². The van der Waals surface area contributed by atoms with Crippen molar-refractivity contribution >= 4 is 16.0 Å². The van der Waals surface area contributed by atoms with Crippen LogP contribution in [0.1, 0.15) is 19.3 Å². The van der Waals surface area contributed by atoms with Gasteiger partial charge in [0.25, 0.3) is 0 Å². The van der Waals surface area contributed by atoms with E-state index in [1.165, 1.54) is 0 Å². The Balaban J connectivity index is 1.53. The van der Waals surface area contributed by atoms with E-state index < -0.39 is 10.0 Å². The molecule has 2 saturated heterocycles. The van der Waals surface area contributed by atoms with Crippen LogP contribution in [-0.2, 0) is 14.8 Å². The number of ether oxygens (including phenoxy) is 1. The minimum absolute atomic E-state index is 0.155. The Labute approximate surface area is 136 Å². The number of hydrogen-bond donors (Lipinski definition) is 0. The van der Waals surface area contributed by atoms with Gasteiger partial charge in [-0.05, 0) is 25.3 Å². The van der Waals surface area contributed by atoms with Crippen molar-refractivity contribution in [3.63, 3.8) is 0 Å². The number of rotatable bonds is 3. The highest BCUT2D eigenvalue weighted by Crippen LogP contribution is 2.38. The fourth-order valence-corrected chi connectivity index (χ4v) is 5.49. The minimum atomic E-state index is -3.15. The van der Waals surface area contributed by atoms with Crippen LogP contribution < -0.4 is 4.90 Å². The van der Waals surface area contributed by atoms with E-state index in [4.69, 9.17) is 4.74 Å². The molecule has 0 bridgehead atoms. The maximum absolute atomic E-state index is 12.6. The molecule has 1 aromatic rings. The van der Waals surface area contributed by atoms with Crippen LogP contribution in [0.5, 0.6) is 0 Å². The summed E-state index contributed by atoms with van der Waals surface area (Å²) < 4.78 is 32.7. The van der Waals surface area contributed by atoms with Gasteiger partial charge in [0, 0.05) is 44.0 Å². The van der Waals surface area contributed by atoms with E-state index in [-0.39, 0.29) is 10.7 Å². The molecule has 3 heterocycles. The number of aromatic nitrogens is 2. The Morgan fingerprint density at radius 3 is 2.70 bits per heavy atom. The van der Waals surface area contributed by atoms with E-state index in [9.17, 15) is 8.42 Å². The lowest BCUT2D eigenvalue weighted by Gasteiger charge is -2.31. The predicted octanol–water partition coefficient (Wildman–Crippen LogP) is 0.497. The molecule has 3 aliphatic rings. The average Bonchev–Trinajstić information content (AvgIpc) is 3.35. The fraction of sp³-hybridized carbons (Fsp3) is 0.733. The molecule has 1 unspecified atom stereocenters. The summed E-state index contributed by atoms with van der Waals surface area (Å²) in [6.45, 7) is 3.69. The molecule has 1 aromatic heterocycles. The normalized spacial score (nSPS) is 29.8. The van der Waals surface area contributed by atoms with Crippen LogP contribution in [0, 0.1) is 5.41 Å². The minimum Gasteiger partial charge on any atom is -0.379 e. The molecular formula is C15H22N4O3S. The third-order valence-electron chi connectivity index (χ3n) is 4.98. The van der Waals surface area contributed by atoms with Gasteiger partial charge in [-0.15, -0.1) is 0 Å². The van der Waals surface area contributed by atoms with Gasteiger partial charge in [-0.25, -0.2) is 18.4 Å². The molecule has 1 aliphatic carbocycles. The Bertz CT molecular complexity index is 665. The van der Waals surface area contributed by atoms with Crippen LogP contribution in [0.3, 0.4) is 0 Å². The highest BCUT2D eigenvalue weighted by atomic mass is 32.2. The SMILES string of the molecule is O=S(=O)(C1CC1)N1CCOCC2(CCN(c3ncccn3)C2)C1. The highest BCUT2D eigenvalue weighted by molar-refractivity contribution is 7.90. The van der Waals surface area contributed by atoms with Crippen molar-refractivity contribution in [3.8, 4) is 0 Å². The van der Waals surface area contributed by atoms with E-state index in [0.717, 1.165) is 32.4 Å².